The van der Waals surface area contributed by atoms with Gasteiger partial charge in [0.15, 0.2) is 0 Å². The van der Waals surface area contributed by atoms with Crippen molar-refractivity contribution in [2.75, 3.05) is 19.6 Å². The van der Waals surface area contributed by atoms with E-state index in [4.69, 9.17) is 5.73 Å². The standard InChI is InChI=1S/C14H19N3O3/c1-10-4-5-12(17(19)20)7-13(10)14(18)16-6-2-3-11(8-15)9-16/h4-5,7,11H,2-3,6,8-9,15H2,1H3. The second-order valence-electron chi connectivity index (χ2n) is 5.25. The topological polar surface area (TPSA) is 89.5 Å². The first-order valence-corrected chi connectivity index (χ1v) is 6.77. The summed E-state index contributed by atoms with van der Waals surface area (Å²) in [6.45, 7) is 3.69. The summed E-state index contributed by atoms with van der Waals surface area (Å²) in [5.41, 5.74) is 6.79. The molecule has 0 saturated carbocycles. The minimum atomic E-state index is -0.477. The van der Waals surface area contributed by atoms with E-state index in [0.717, 1.165) is 18.4 Å². The largest absolute Gasteiger partial charge is 0.338 e. The van der Waals surface area contributed by atoms with Crippen molar-refractivity contribution in [2.45, 2.75) is 19.8 Å². The van der Waals surface area contributed by atoms with Crippen LogP contribution >= 0.6 is 0 Å². The molecule has 1 saturated heterocycles. The zero-order valence-corrected chi connectivity index (χ0v) is 11.5. The number of piperidine rings is 1. The van der Waals surface area contributed by atoms with E-state index < -0.39 is 4.92 Å². The van der Waals surface area contributed by atoms with Gasteiger partial charge in [0.1, 0.15) is 0 Å². The number of aryl methyl sites for hydroxylation is 1. The molecule has 6 heteroatoms. The van der Waals surface area contributed by atoms with E-state index >= 15 is 0 Å². The Morgan fingerprint density at radius 3 is 2.95 bits per heavy atom. The maximum atomic E-state index is 12.5. The van der Waals surface area contributed by atoms with Crippen LogP contribution in [0.1, 0.15) is 28.8 Å². The number of rotatable bonds is 3. The van der Waals surface area contributed by atoms with Crippen molar-refractivity contribution < 1.29 is 9.72 Å². The minimum absolute atomic E-state index is 0.0497. The molecule has 2 N–H and O–H groups in total. The fraction of sp³-hybridized carbons (Fsp3) is 0.500. The third-order valence-corrected chi connectivity index (χ3v) is 3.80. The lowest BCUT2D eigenvalue weighted by atomic mass is 9.97. The van der Waals surface area contributed by atoms with Gasteiger partial charge in [-0.15, -0.1) is 0 Å². The lowest BCUT2D eigenvalue weighted by Crippen LogP contribution is -2.42. The van der Waals surface area contributed by atoms with E-state index in [0.29, 0.717) is 31.1 Å². The highest BCUT2D eigenvalue weighted by molar-refractivity contribution is 5.96. The highest BCUT2D eigenvalue weighted by Gasteiger charge is 2.25. The number of nitrogens with two attached hydrogens (primary N) is 1. The summed E-state index contributed by atoms with van der Waals surface area (Å²) in [4.78, 5) is 24.6. The molecule has 1 heterocycles. The van der Waals surface area contributed by atoms with Crippen LogP contribution in [-0.4, -0.2) is 35.4 Å². The quantitative estimate of drug-likeness (QED) is 0.672. The van der Waals surface area contributed by atoms with Crippen LogP contribution in [0.15, 0.2) is 18.2 Å². The van der Waals surface area contributed by atoms with Crippen molar-refractivity contribution in [1.82, 2.24) is 4.90 Å². The summed E-state index contributed by atoms with van der Waals surface area (Å²) in [6, 6.07) is 4.41. The number of nitro groups is 1. The molecule has 1 aliphatic rings. The minimum Gasteiger partial charge on any atom is -0.338 e. The van der Waals surface area contributed by atoms with Crippen molar-refractivity contribution >= 4 is 11.6 Å². The first-order chi connectivity index (χ1) is 9.52. The van der Waals surface area contributed by atoms with Gasteiger partial charge >= 0.3 is 0 Å². The molecule has 0 radical (unpaired) electrons. The molecule has 1 atom stereocenters. The monoisotopic (exact) mass is 277 g/mol. The molecule has 0 aliphatic carbocycles. The SMILES string of the molecule is Cc1ccc([N+](=O)[O-])cc1C(=O)N1CCCC(CN)C1. The molecule has 1 aromatic rings. The maximum Gasteiger partial charge on any atom is 0.270 e. The van der Waals surface area contributed by atoms with Crippen molar-refractivity contribution in [1.29, 1.82) is 0 Å². The highest BCUT2D eigenvalue weighted by Crippen LogP contribution is 2.22. The highest BCUT2D eigenvalue weighted by atomic mass is 16.6. The average molecular weight is 277 g/mol. The van der Waals surface area contributed by atoms with Crippen LogP contribution in [0.2, 0.25) is 0 Å². The van der Waals surface area contributed by atoms with Gasteiger partial charge in [0.25, 0.3) is 11.6 Å². The van der Waals surface area contributed by atoms with Gasteiger partial charge in [-0.2, -0.15) is 0 Å². The molecule has 6 nitrogen and oxygen atoms in total. The molecule has 0 aromatic heterocycles. The number of amides is 1. The zero-order chi connectivity index (χ0) is 14.7. The normalized spacial score (nSPS) is 18.9. The lowest BCUT2D eigenvalue weighted by molar-refractivity contribution is -0.384. The fourth-order valence-electron chi connectivity index (χ4n) is 2.57. The third kappa shape index (κ3) is 2.96. The molecule has 108 valence electrons. The fourth-order valence-corrected chi connectivity index (χ4v) is 2.57. The molecule has 1 aromatic carbocycles. The summed E-state index contributed by atoms with van der Waals surface area (Å²) in [6.07, 6.45) is 1.97. The van der Waals surface area contributed by atoms with Gasteiger partial charge in [-0.05, 0) is 37.8 Å². The van der Waals surface area contributed by atoms with Gasteiger partial charge in [-0.25, -0.2) is 0 Å². The van der Waals surface area contributed by atoms with E-state index in [-0.39, 0.29) is 11.6 Å². The summed E-state index contributed by atoms with van der Waals surface area (Å²) in [7, 11) is 0. The molecular formula is C14H19N3O3. The molecule has 0 bridgehead atoms. The number of hydrogen-bond acceptors (Lipinski definition) is 4. The average Bonchev–Trinajstić information content (AvgIpc) is 2.46. The van der Waals surface area contributed by atoms with Crippen LogP contribution in [0.4, 0.5) is 5.69 Å². The van der Waals surface area contributed by atoms with Crippen molar-refractivity contribution in [3.8, 4) is 0 Å². The number of non-ortho nitro benzene ring substituents is 1. The molecular weight excluding hydrogens is 258 g/mol. The number of benzene rings is 1. The van der Waals surface area contributed by atoms with E-state index in [1.165, 1.54) is 12.1 Å². The summed E-state index contributed by atoms with van der Waals surface area (Å²) >= 11 is 0. The molecule has 20 heavy (non-hydrogen) atoms. The number of carbonyl (C=O) groups is 1. The number of nitro benzene ring substituents is 1. The first-order valence-electron chi connectivity index (χ1n) is 6.77. The third-order valence-electron chi connectivity index (χ3n) is 3.80. The van der Waals surface area contributed by atoms with Gasteiger partial charge in [-0.3, -0.25) is 14.9 Å². The molecule has 1 fully saturated rings. The van der Waals surface area contributed by atoms with Gasteiger partial charge in [0.2, 0.25) is 0 Å². The Balaban J connectivity index is 2.24. The second-order valence-corrected chi connectivity index (χ2v) is 5.25. The van der Waals surface area contributed by atoms with Crippen LogP contribution in [0, 0.1) is 23.0 Å². The molecule has 1 unspecified atom stereocenters. The maximum absolute atomic E-state index is 12.5. The van der Waals surface area contributed by atoms with Crippen LogP contribution in [0.3, 0.4) is 0 Å². The number of likely N-dealkylation sites (tertiary alicyclic amines) is 1. The Labute approximate surface area is 117 Å². The first kappa shape index (κ1) is 14.5. The van der Waals surface area contributed by atoms with E-state index in [9.17, 15) is 14.9 Å². The lowest BCUT2D eigenvalue weighted by Gasteiger charge is -2.32. The summed E-state index contributed by atoms with van der Waals surface area (Å²) in [5, 5.41) is 10.8. The predicted molar refractivity (Wildman–Crippen MR) is 75.5 cm³/mol. The summed E-state index contributed by atoms with van der Waals surface area (Å²) in [5.74, 6) is 0.191. The predicted octanol–water partition coefficient (Wildman–Crippen LogP) is 1.71. The van der Waals surface area contributed by atoms with Crippen LogP contribution in [-0.2, 0) is 0 Å². The van der Waals surface area contributed by atoms with E-state index in [1.807, 2.05) is 0 Å². The molecule has 0 spiro atoms. The second kappa shape index (κ2) is 6.00. The molecule has 1 amide bonds. The Bertz CT molecular complexity index is 530. The Morgan fingerprint density at radius 1 is 1.55 bits per heavy atom. The van der Waals surface area contributed by atoms with E-state index in [2.05, 4.69) is 0 Å². The molecule has 1 aliphatic heterocycles. The zero-order valence-electron chi connectivity index (χ0n) is 11.5. The van der Waals surface area contributed by atoms with Gasteiger partial charge < -0.3 is 10.6 Å². The number of hydrogen-bond donors (Lipinski definition) is 1. The smallest absolute Gasteiger partial charge is 0.270 e. The van der Waals surface area contributed by atoms with Crippen LogP contribution in [0.25, 0.3) is 0 Å². The van der Waals surface area contributed by atoms with Gasteiger partial charge in [0, 0.05) is 30.8 Å². The Kier molecular flexibility index (Phi) is 4.34. The number of carbonyl (C=O) groups excluding carboxylic acids is 1. The van der Waals surface area contributed by atoms with E-state index in [1.54, 1.807) is 17.9 Å². The van der Waals surface area contributed by atoms with Crippen LogP contribution in [0.5, 0.6) is 0 Å². The Hall–Kier alpha value is -1.95. The number of nitrogens with zero attached hydrogens (tertiary/aromatic N) is 2. The van der Waals surface area contributed by atoms with Crippen LogP contribution < -0.4 is 5.73 Å². The summed E-state index contributed by atoms with van der Waals surface area (Å²) < 4.78 is 0. The van der Waals surface area contributed by atoms with Gasteiger partial charge in [-0.1, -0.05) is 6.07 Å². The molecule has 2 rings (SSSR count). The van der Waals surface area contributed by atoms with Gasteiger partial charge in [0.05, 0.1) is 4.92 Å². The Morgan fingerprint density at radius 2 is 2.30 bits per heavy atom. The van der Waals surface area contributed by atoms with Crippen molar-refractivity contribution in [2.24, 2.45) is 11.7 Å². The van der Waals surface area contributed by atoms with Crippen molar-refractivity contribution in [3.63, 3.8) is 0 Å². The van der Waals surface area contributed by atoms with Crippen molar-refractivity contribution in [3.05, 3.63) is 39.4 Å².